The molecule has 9 heteroatoms. The van der Waals surface area contributed by atoms with E-state index in [9.17, 15) is 26.7 Å². The quantitative estimate of drug-likeness (QED) is 0.862. The highest BCUT2D eigenvalue weighted by atomic mass is 19.4. The molecule has 0 spiro atoms. The molecule has 1 N–H and O–H groups in total. The first kappa shape index (κ1) is 17.5. The monoisotopic (exact) mass is 339 g/mol. The van der Waals surface area contributed by atoms with Crippen molar-refractivity contribution in [3.63, 3.8) is 0 Å². The molecule has 1 aromatic carbocycles. The summed E-state index contributed by atoms with van der Waals surface area (Å²) in [5.41, 5.74) is 0.0569. The molecular weight excluding hydrogens is 325 g/mol. The Labute approximate surface area is 128 Å². The van der Waals surface area contributed by atoms with Gasteiger partial charge in [-0.25, -0.2) is 8.78 Å². The van der Waals surface area contributed by atoms with Crippen molar-refractivity contribution < 1.29 is 36.6 Å². The lowest BCUT2D eigenvalue weighted by Gasteiger charge is -2.37. The van der Waals surface area contributed by atoms with Crippen molar-refractivity contribution in [1.82, 2.24) is 4.90 Å². The zero-order valence-electron chi connectivity index (χ0n) is 11.8. The van der Waals surface area contributed by atoms with Crippen LogP contribution in [0.4, 0.5) is 22.0 Å². The number of carbonyl (C=O) groups is 1. The summed E-state index contributed by atoms with van der Waals surface area (Å²) in [4.78, 5) is 13.4. The van der Waals surface area contributed by atoms with Crippen molar-refractivity contribution in [3.05, 3.63) is 29.8 Å². The summed E-state index contributed by atoms with van der Waals surface area (Å²) in [6, 6.07) is 4.21. The van der Waals surface area contributed by atoms with Crippen molar-refractivity contribution in [2.75, 3.05) is 19.7 Å². The molecule has 1 aromatic rings. The summed E-state index contributed by atoms with van der Waals surface area (Å²) >= 11 is 0. The summed E-state index contributed by atoms with van der Waals surface area (Å²) in [7, 11) is 0. The van der Waals surface area contributed by atoms with Gasteiger partial charge in [0.1, 0.15) is 5.75 Å². The average Bonchev–Trinajstić information content (AvgIpc) is 2.45. The van der Waals surface area contributed by atoms with Crippen LogP contribution in [0.3, 0.4) is 0 Å². The lowest BCUT2D eigenvalue weighted by molar-refractivity contribution is -0.274. The second-order valence-corrected chi connectivity index (χ2v) is 5.21. The average molecular weight is 339 g/mol. The number of aliphatic hydroxyl groups excluding tert-OH is 1. The Morgan fingerprint density at radius 3 is 2.43 bits per heavy atom. The van der Waals surface area contributed by atoms with Crippen LogP contribution in [0, 0.1) is 5.92 Å². The van der Waals surface area contributed by atoms with E-state index in [1.54, 1.807) is 0 Å². The van der Waals surface area contributed by atoms with Gasteiger partial charge in [0.25, 0.3) is 11.8 Å². The molecule has 2 rings (SSSR count). The fourth-order valence-electron chi connectivity index (χ4n) is 2.34. The summed E-state index contributed by atoms with van der Waals surface area (Å²) in [5.74, 6) is -5.46. The molecule has 1 aliphatic rings. The van der Waals surface area contributed by atoms with Crippen LogP contribution in [-0.2, 0) is 0 Å². The zero-order valence-corrected chi connectivity index (χ0v) is 11.8. The molecule has 1 fully saturated rings. The van der Waals surface area contributed by atoms with Gasteiger partial charge in [0.2, 0.25) is 0 Å². The van der Waals surface area contributed by atoms with Gasteiger partial charge in [-0.2, -0.15) is 0 Å². The second kappa shape index (κ2) is 6.31. The molecular formula is C14H14F5NO3. The highest BCUT2D eigenvalue weighted by Gasteiger charge is 2.44. The van der Waals surface area contributed by atoms with E-state index in [0.29, 0.717) is 0 Å². The number of alkyl halides is 5. The first-order chi connectivity index (χ1) is 10.6. The normalized spacial score (nSPS) is 21.1. The summed E-state index contributed by atoms with van der Waals surface area (Å²) < 4.78 is 66.8. The van der Waals surface area contributed by atoms with Crippen LogP contribution in [0.5, 0.6) is 5.75 Å². The van der Waals surface area contributed by atoms with Gasteiger partial charge >= 0.3 is 6.36 Å². The minimum absolute atomic E-state index is 0.0569. The maximum absolute atomic E-state index is 13.5. The van der Waals surface area contributed by atoms with Crippen molar-refractivity contribution in [2.45, 2.75) is 18.7 Å². The Bertz CT molecular complexity index is 559. The van der Waals surface area contributed by atoms with Gasteiger partial charge in [0, 0.05) is 25.1 Å². The standard InChI is InChI=1S/C14H14F5NO3/c15-13(16)5-6-20(7-10(13)8-21)12(22)9-1-3-11(4-2-9)23-14(17,18)19/h1-4,10,21H,5-8H2. The second-order valence-electron chi connectivity index (χ2n) is 5.21. The summed E-state index contributed by atoms with van der Waals surface area (Å²) in [6.07, 6.45) is -5.41. The third-order valence-corrected chi connectivity index (χ3v) is 3.60. The molecule has 1 saturated heterocycles. The molecule has 128 valence electrons. The number of nitrogens with zero attached hydrogens (tertiary/aromatic N) is 1. The molecule has 1 atom stereocenters. The molecule has 4 nitrogen and oxygen atoms in total. The Morgan fingerprint density at radius 2 is 1.91 bits per heavy atom. The van der Waals surface area contributed by atoms with Crippen molar-refractivity contribution >= 4 is 5.91 Å². The SMILES string of the molecule is O=C(c1ccc(OC(F)(F)F)cc1)N1CCC(F)(F)C(CO)C1. The molecule has 0 bridgehead atoms. The van der Waals surface area contributed by atoms with Crippen molar-refractivity contribution in [3.8, 4) is 5.75 Å². The van der Waals surface area contributed by atoms with E-state index < -0.39 is 42.9 Å². The van der Waals surface area contributed by atoms with Gasteiger partial charge in [-0.05, 0) is 24.3 Å². The van der Waals surface area contributed by atoms with E-state index in [-0.39, 0.29) is 18.7 Å². The van der Waals surface area contributed by atoms with E-state index in [0.717, 1.165) is 29.2 Å². The maximum atomic E-state index is 13.5. The number of carbonyl (C=O) groups excluding carboxylic acids is 1. The van der Waals surface area contributed by atoms with Gasteiger partial charge in [-0.1, -0.05) is 0 Å². The number of piperidine rings is 1. The number of rotatable bonds is 3. The minimum atomic E-state index is -4.83. The van der Waals surface area contributed by atoms with E-state index in [2.05, 4.69) is 4.74 Å². The molecule has 1 unspecified atom stereocenters. The van der Waals surface area contributed by atoms with E-state index in [4.69, 9.17) is 5.11 Å². The molecule has 0 aliphatic carbocycles. The minimum Gasteiger partial charge on any atom is -0.406 e. The summed E-state index contributed by atoms with van der Waals surface area (Å²) in [5, 5.41) is 9.00. The number of benzene rings is 1. The van der Waals surface area contributed by atoms with Gasteiger partial charge in [-0.3, -0.25) is 4.79 Å². The van der Waals surface area contributed by atoms with Gasteiger partial charge in [0.15, 0.2) is 0 Å². The predicted octanol–water partition coefficient (Wildman–Crippen LogP) is 2.67. The Kier molecular flexibility index (Phi) is 4.79. The number of hydrogen-bond donors (Lipinski definition) is 1. The van der Waals surface area contributed by atoms with Crippen LogP contribution >= 0.6 is 0 Å². The molecule has 0 saturated carbocycles. The van der Waals surface area contributed by atoms with Crippen LogP contribution in [0.1, 0.15) is 16.8 Å². The van der Waals surface area contributed by atoms with Crippen molar-refractivity contribution in [2.24, 2.45) is 5.92 Å². The first-order valence-electron chi connectivity index (χ1n) is 6.76. The largest absolute Gasteiger partial charge is 0.573 e. The fraction of sp³-hybridized carbons (Fsp3) is 0.500. The van der Waals surface area contributed by atoms with Crippen LogP contribution in [0.25, 0.3) is 0 Å². The Morgan fingerprint density at radius 1 is 1.30 bits per heavy atom. The number of aliphatic hydroxyl groups is 1. The Hall–Kier alpha value is -1.90. The van der Waals surface area contributed by atoms with Gasteiger partial charge in [0.05, 0.1) is 12.5 Å². The molecule has 1 aliphatic heterocycles. The maximum Gasteiger partial charge on any atom is 0.573 e. The number of likely N-dealkylation sites (tertiary alicyclic amines) is 1. The lowest BCUT2D eigenvalue weighted by Crippen LogP contribution is -2.50. The van der Waals surface area contributed by atoms with Gasteiger partial charge in [-0.15, -0.1) is 13.2 Å². The first-order valence-corrected chi connectivity index (χ1v) is 6.76. The highest BCUT2D eigenvalue weighted by molar-refractivity contribution is 5.94. The zero-order chi connectivity index (χ0) is 17.3. The molecule has 0 aromatic heterocycles. The number of halogens is 5. The van der Waals surface area contributed by atoms with E-state index in [1.165, 1.54) is 0 Å². The number of amides is 1. The Balaban J connectivity index is 2.06. The predicted molar refractivity (Wildman–Crippen MR) is 69.2 cm³/mol. The lowest BCUT2D eigenvalue weighted by atomic mass is 9.94. The van der Waals surface area contributed by atoms with Crippen LogP contribution < -0.4 is 4.74 Å². The highest BCUT2D eigenvalue weighted by Crippen LogP contribution is 2.33. The van der Waals surface area contributed by atoms with Crippen LogP contribution in [0.15, 0.2) is 24.3 Å². The van der Waals surface area contributed by atoms with Crippen molar-refractivity contribution in [1.29, 1.82) is 0 Å². The molecule has 1 amide bonds. The van der Waals surface area contributed by atoms with Gasteiger partial charge < -0.3 is 14.7 Å². The topological polar surface area (TPSA) is 49.8 Å². The number of hydrogen-bond acceptors (Lipinski definition) is 3. The molecule has 1 heterocycles. The third-order valence-electron chi connectivity index (χ3n) is 3.60. The van der Waals surface area contributed by atoms with Crippen LogP contribution in [0.2, 0.25) is 0 Å². The fourth-order valence-corrected chi connectivity index (χ4v) is 2.34. The van der Waals surface area contributed by atoms with Crippen LogP contribution in [-0.4, -0.2) is 47.9 Å². The third kappa shape index (κ3) is 4.31. The van der Waals surface area contributed by atoms with E-state index in [1.807, 2.05) is 0 Å². The molecule has 23 heavy (non-hydrogen) atoms. The van der Waals surface area contributed by atoms with E-state index >= 15 is 0 Å². The summed E-state index contributed by atoms with van der Waals surface area (Å²) in [6.45, 7) is -1.26. The number of ether oxygens (including phenoxy) is 1. The smallest absolute Gasteiger partial charge is 0.406 e. The molecule has 0 radical (unpaired) electrons.